The second-order valence-electron chi connectivity index (χ2n) is 1.52. The predicted molar refractivity (Wildman–Crippen MR) is 23.4 cm³/mol. The Kier molecular flexibility index (Phi) is 0.988. The Balaban J connectivity index is 2.52. The topological polar surface area (TPSA) is 0 Å². The fourth-order valence-corrected chi connectivity index (χ4v) is 0.632. The van der Waals surface area contributed by atoms with Crippen LogP contribution in [0, 0.1) is 0 Å². The van der Waals surface area contributed by atoms with Gasteiger partial charge in [0.2, 0.25) is 0 Å². The van der Waals surface area contributed by atoms with E-state index in [1.54, 1.807) is 0 Å². The van der Waals surface area contributed by atoms with Gasteiger partial charge in [-0.1, -0.05) is 0 Å². The average molecular weight is 117 g/mol. The van der Waals surface area contributed by atoms with Crippen molar-refractivity contribution in [1.82, 2.24) is 0 Å². The van der Waals surface area contributed by atoms with Crippen LogP contribution in [0.3, 0.4) is 0 Å². The summed E-state index contributed by atoms with van der Waals surface area (Å²) in [7, 11) is 0. The predicted octanol–water partition coefficient (Wildman–Crippen LogP) is 1.06. The average Bonchev–Trinajstić information content (AvgIpc) is 2.06. The van der Waals surface area contributed by atoms with Crippen molar-refractivity contribution in [3.63, 3.8) is 0 Å². The van der Waals surface area contributed by atoms with Gasteiger partial charge in [-0.3, -0.25) is 0 Å². The molecule has 0 aromatic heterocycles. The molecular formula is C5H6V. The fourth-order valence-electron chi connectivity index (χ4n) is 0.346. The summed E-state index contributed by atoms with van der Waals surface area (Å²) < 4.78 is 1.42. The molecule has 0 heterocycles. The zero-order chi connectivity index (χ0) is 4.57. The van der Waals surface area contributed by atoms with Crippen molar-refractivity contribution in [2.45, 2.75) is 13.3 Å². The molecule has 1 heteroatoms. The van der Waals surface area contributed by atoms with Crippen LogP contribution in [0.25, 0.3) is 0 Å². The third kappa shape index (κ3) is 0.827. The Hall–Kier alpha value is 0.194. The van der Waals surface area contributed by atoms with Crippen LogP contribution in [0.15, 0.2) is 11.6 Å². The molecule has 0 N–H and O–H groups in total. The van der Waals surface area contributed by atoms with Crippen molar-refractivity contribution in [1.29, 1.82) is 0 Å². The maximum absolute atomic E-state index is 2.55. The molecule has 1 aliphatic carbocycles. The molecule has 31 valence electrons. The summed E-state index contributed by atoms with van der Waals surface area (Å²) in [5.41, 5.74) is 1.52. The molecule has 1 rings (SSSR count). The Bertz CT molecular complexity index is 111. The van der Waals surface area contributed by atoms with Gasteiger partial charge in [0.1, 0.15) is 0 Å². The van der Waals surface area contributed by atoms with Crippen molar-refractivity contribution in [2.75, 3.05) is 0 Å². The van der Waals surface area contributed by atoms with Crippen LogP contribution in [0.5, 0.6) is 0 Å². The van der Waals surface area contributed by atoms with E-state index in [1.165, 1.54) is 16.2 Å². The SMILES string of the molecule is C[C](=[V])C1=CC1. The monoisotopic (exact) mass is 117 g/mol. The van der Waals surface area contributed by atoms with Crippen molar-refractivity contribution < 1.29 is 17.0 Å². The molecule has 0 bridgehead atoms. The summed E-state index contributed by atoms with van der Waals surface area (Å²) in [6, 6.07) is 0. The van der Waals surface area contributed by atoms with Crippen molar-refractivity contribution >= 4 is 4.23 Å². The molecular weight excluding hydrogens is 111 g/mol. The van der Waals surface area contributed by atoms with Crippen LogP contribution in [0.2, 0.25) is 0 Å². The molecule has 0 fully saturated rings. The third-order valence-electron chi connectivity index (χ3n) is 0.873. The summed E-state index contributed by atoms with van der Waals surface area (Å²) in [5, 5.41) is 0. The normalized spacial score (nSPS) is 16.3. The van der Waals surface area contributed by atoms with Gasteiger partial charge in [-0.05, 0) is 0 Å². The Labute approximate surface area is 46.7 Å². The summed E-state index contributed by atoms with van der Waals surface area (Å²) in [4.78, 5) is 0. The van der Waals surface area contributed by atoms with Crippen LogP contribution >= 0.6 is 0 Å². The van der Waals surface area contributed by atoms with Gasteiger partial charge in [0.25, 0.3) is 0 Å². The van der Waals surface area contributed by atoms with Crippen LogP contribution in [-0.4, -0.2) is 4.23 Å². The number of hydrogen-bond acceptors (Lipinski definition) is 0. The van der Waals surface area contributed by atoms with Gasteiger partial charge in [-0.2, -0.15) is 0 Å². The Morgan fingerprint density at radius 2 is 2.50 bits per heavy atom. The Morgan fingerprint density at radius 3 is 2.50 bits per heavy atom. The first-order valence-corrected chi connectivity index (χ1v) is 2.72. The van der Waals surface area contributed by atoms with E-state index >= 15 is 0 Å². The van der Waals surface area contributed by atoms with Gasteiger partial charge in [-0.25, -0.2) is 0 Å². The van der Waals surface area contributed by atoms with E-state index in [0.29, 0.717) is 0 Å². The molecule has 0 aliphatic heterocycles. The van der Waals surface area contributed by atoms with Gasteiger partial charge >= 0.3 is 46.2 Å². The zero-order valence-electron chi connectivity index (χ0n) is 3.73. The van der Waals surface area contributed by atoms with E-state index in [1.807, 2.05) is 0 Å². The van der Waals surface area contributed by atoms with Crippen LogP contribution < -0.4 is 0 Å². The zero-order valence-corrected chi connectivity index (χ0v) is 5.13. The molecule has 0 saturated carbocycles. The molecule has 0 spiro atoms. The van der Waals surface area contributed by atoms with Crippen LogP contribution in [-0.2, 0) is 17.0 Å². The summed E-state index contributed by atoms with van der Waals surface area (Å²) in [6.07, 6.45) is 3.47. The van der Waals surface area contributed by atoms with Crippen molar-refractivity contribution in [3.05, 3.63) is 11.6 Å². The molecule has 0 radical (unpaired) electrons. The first-order valence-electron chi connectivity index (χ1n) is 2.02. The van der Waals surface area contributed by atoms with Gasteiger partial charge < -0.3 is 0 Å². The molecule has 0 atom stereocenters. The standard InChI is InChI=1S/C5H6.V/c1-2-5-3-4-5;/h3H,4H2,1H3;. The van der Waals surface area contributed by atoms with E-state index in [4.69, 9.17) is 0 Å². The molecule has 0 nitrogen and oxygen atoms in total. The molecule has 0 unspecified atom stereocenters. The van der Waals surface area contributed by atoms with E-state index < -0.39 is 0 Å². The number of rotatable bonds is 1. The van der Waals surface area contributed by atoms with E-state index in [0.717, 1.165) is 0 Å². The maximum atomic E-state index is 2.55. The van der Waals surface area contributed by atoms with Crippen molar-refractivity contribution in [2.24, 2.45) is 0 Å². The summed E-state index contributed by atoms with van der Waals surface area (Å²) >= 11 is 2.55. The fraction of sp³-hybridized carbons (Fsp3) is 0.400. The summed E-state index contributed by atoms with van der Waals surface area (Å²) in [6.45, 7) is 2.12. The van der Waals surface area contributed by atoms with Gasteiger partial charge in [0.05, 0.1) is 0 Å². The molecule has 0 amide bonds. The van der Waals surface area contributed by atoms with E-state index in [9.17, 15) is 0 Å². The van der Waals surface area contributed by atoms with Crippen LogP contribution in [0.4, 0.5) is 0 Å². The first kappa shape index (κ1) is 4.36. The van der Waals surface area contributed by atoms with E-state index in [-0.39, 0.29) is 0 Å². The molecule has 1 aliphatic rings. The van der Waals surface area contributed by atoms with Crippen LogP contribution in [0.1, 0.15) is 13.3 Å². The Morgan fingerprint density at radius 1 is 2.00 bits per heavy atom. The van der Waals surface area contributed by atoms with Gasteiger partial charge in [0, 0.05) is 0 Å². The quantitative estimate of drug-likeness (QED) is 0.481. The minimum absolute atomic E-state index is 1.24. The first-order chi connectivity index (χ1) is 2.80. The number of hydrogen-bond donors (Lipinski definition) is 0. The van der Waals surface area contributed by atoms with Gasteiger partial charge in [0.15, 0.2) is 0 Å². The second kappa shape index (κ2) is 1.36. The van der Waals surface area contributed by atoms with E-state index in [2.05, 4.69) is 30.0 Å². The second-order valence-corrected chi connectivity index (χ2v) is 2.57. The van der Waals surface area contributed by atoms with Gasteiger partial charge in [-0.15, -0.1) is 0 Å². The third-order valence-corrected chi connectivity index (χ3v) is 1.32. The number of allylic oxidation sites excluding steroid dienone is 2. The molecule has 0 saturated heterocycles. The summed E-state index contributed by atoms with van der Waals surface area (Å²) in [5.74, 6) is 0. The minimum atomic E-state index is 1.24. The van der Waals surface area contributed by atoms with Crippen molar-refractivity contribution in [3.8, 4) is 0 Å². The molecule has 0 aromatic rings. The molecule has 6 heavy (non-hydrogen) atoms. The molecule has 0 aromatic carbocycles.